The van der Waals surface area contributed by atoms with E-state index >= 15 is 0 Å². The van der Waals surface area contributed by atoms with E-state index < -0.39 is 0 Å². The van der Waals surface area contributed by atoms with Crippen molar-refractivity contribution in [2.45, 2.75) is 24.5 Å². The fraction of sp³-hybridized carbons (Fsp3) is 0.421. The molecule has 27 heavy (non-hydrogen) atoms. The maximum Gasteiger partial charge on any atom is 0.254 e. The molecule has 0 N–H and O–H groups in total. The lowest BCUT2D eigenvalue weighted by molar-refractivity contribution is -0.132. The summed E-state index contributed by atoms with van der Waals surface area (Å²) in [6.07, 6.45) is 0.344. The van der Waals surface area contributed by atoms with E-state index in [-0.39, 0.29) is 17.5 Å². The van der Waals surface area contributed by atoms with Crippen LogP contribution in [0.2, 0.25) is 5.02 Å². The first-order chi connectivity index (χ1) is 13.0. The second-order valence-electron chi connectivity index (χ2n) is 6.88. The summed E-state index contributed by atoms with van der Waals surface area (Å²) in [7, 11) is 0. The Hall–Kier alpha value is -1.99. The number of fused-ring (bicyclic) bond motifs is 1. The molecule has 2 aromatic rings. The Balaban J connectivity index is 1.39. The number of amides is 1. The van der Waals surface area contributed by atoms with E-state index in [2.05, 4.69) is 9.88 Å². The number of aryl methyl sites for hydroxylation is 1. The van der Waals surface area contributed by atoms with Gasteiger partial charge in [0.05, 0.1) is 16.8 Å². The van der Waals surface area contributed by atoms with E-state index in [1.54, 1.807) is 16.3 Å². The topological polar surface area (TPSA) is 58.4 Å². The fourth-order valence-corrected chi connectivity index (χ4v) is 5.10. The Labute approximate surface area is 167 Å². The second-order valence-corrected chi connectivity index (χ2v) is 8.27. The standard InChI is InChI=1S/C19H21ClN4O2S/c1-13-10-18(26)24-14(12-27-19(24)21-13)11-17(25)23-8-6-22(7-9-23)16-5-3-2-4-15(16)20/h2-5,10,14H,6-9,11-12H2,1H3. The van der Waals surface area contributed by atoms with Gasteiger partial charge in [-0.3, -0.25) is 14.2 Å². The minimum Gasteiger partial charge on any atom is -0.367 e. The number of halogens is 1. The molecule has 4 rings (SSSR count). The van der Waals surface area contributed by atoms with Gasteiger partial charge in [0.1, 0.15) is 0 Å². The molecular formula is C19H21ClN4O2S. The molecule has 8 heteroatoms. The van der Waals surface area contributed by atoms with Gasteiger partial charge in [-0.1, -0.05) is 35.5 Å². The summed E-state index contributed by atoms with van der Waals surface area (Å²) < 4.78 is 1.68. The van der Waals surface area contributed by atoms with Crippen molar-refractivity contribution >= 4 is 35.0 Å². The third-order valence-electron chi connectivity index (χ3n) is 5.05. The molecule has 0 bridgehead atoms. The summed E-state index contributed by atoms with van der Waals surface area (Å²) in [4.78, 5) is 33.6. The lowest BCUT2D eigenvalue weighted by atomic mass is 10.2. The van der Waals surface area contributed by atoms with E-state index in [0.29, 0.717) is 19.5 Å². The van der Waals surface area contributed by atoms with Crippen molar-refractivity contribution in [2.24, 2.45) is 0 Å². The minimum absolute atomic E-state index is 0.0659. The van der Waals surface area contributed by atoms with E-state index in [4.69, 9.17) is 11.6 Å². The number of anilines is 1. The van der Waals surface area contributed by atoms with E-state index in [9.17, 15) is 9.59 Å². The molecule has 1 amide bonds. The van der Waals surface area contributed by atoms with Gasteiger partial charge in [-0.15, -0.1) is 0 Å². The van der Waals surface area contributed by atoms with Crippen LogP contribution in [-0.4, -0.2) is 52.3 Å². The number of benzene rings is 1. The Morgan fingerprint density at radius 2 is 2.00 bits per heavy atom. The van der Waals surface area contributed by atoms with Crippen LogP contribution in [0.5, 0.6) is 0 Å². The maximum absolute atomic E-state index is 12.8. The SMILES string of the molecule is Cc1cc(=O)n2c(n1)SCC2CC(=O)N1CCN(c2ccccc2Cl)CC1. The van der Waals surface area contributed by atoms with Gasteiger partial charge in [0.2, 0.25) is 5.91 Å². The number of hydrogen-bond acceptors (Lipinski definition) is 5. The normalized spacial score (nSPS) is 19.3. The van der Waals surface area contributed by atoms with Gasteiger partial charge < -0.3 is 9.80 Å². The van der Waals surface area contributed by atoms with Crippen molar-refractivity contribution in [3.05, 3.63) is 51.4 Å². The van der Waals surface area contributed by atoms with Gasteiger partial charge in [0.15, 0.2) is 5.16 Å². The molecule has 0 aliphatic carbocycles. The first kappa shape index (κ1) is 18.4. The van der Waals surface area contributed by atoms with E-state index in [1.807, 2.05) is 36.1 Å². The molecule has 1 aromatic carbocycles. The van der Waals surface area contributed by atoms with Crippen LogP contribution in [0.3, 0.4) is 0 Å². The van der Waals surface area contributed by atoms with Crippen LogP contribution in [0.25, 0.3) is 0 Å². The maximum atomic E-state index is 12.8. The zero-order chi connectivity index (χ0) is 19.0. The second kappa shape index (κ2) is 7.56. The molecule has 6 nitrogen and oxygen atoms in total. The number of para-hydroxylation sites is 1. The number of hydrogen-bond donors (Lipinski definition) is 0. The Bertz CT molecular complexity index is 924. The van der Waals surface area contributed by atoms with Crippen molar-refractivity contribution in [3.63, 3.8) is 0 Å². The molecule has 0 saturated carbocycles. The van der Waals surface area contributed by atoms with Crippen LogP contribution < -0.4 is 10.5 Å². The van der Waals surface area contributed by atoms with Crippen molar-refractivity contribution in [3.8, 4) is 0 Å². The number of carbonyl (C=O) groups is 1. The molecule has 3 heterocycles. The first-order valence-electron chi connectivity index (χ1n) is 9.03. The lowest BCUT2D eigenvalue weighted by Gasteiger charge is -2.37. The fourth-order valence-electron chi connectivity index (χ4n) is 3.65. The summed E-state index contributed by atoms with van der Waals surface area (Å²) in [6.45, 7) is 4.66. The third-order valence-corrected chi connectivity index (χ3v) is 6.47. The van der Waals surface area contributed by atoms with Crippen LogP contribution in [0.15, 0.2) is 40.3 Å². The van der Waals surface area contributed by atoms with Crippen LogP contribution in [0.4, 0.5) is 5.69 Å². The van der Waals surface area contributed by atoms with E-state index in [1.165, 1.54) is 6.07 Å². The minimum atomic E-state index is -0.111. The molecule has 2 aliphatic rings. The van der Waals surface area contributed by atoms with Crippen LogP contribution >= 0.6 is 23.4 Å². The lowest BCUT2D eigenvalue weighted by Crippen LogP contribution is -2.49. The average molecular weight is 405 g/mol. The quantitative estimate of drug-likeness (QED) is 0.736. The average Bonchev–Trinajstić information content (AvgIpc) is 3.05. The van der Waals surface area contributed by atoms with Crippen LogP contribution in [0.1, 0.15) is 18.2 Å². The number of thioether (sulfide) groups is 1. The number of aromatic nitrogens is 2. The zero-order valence-electron chi connectivity index (χ0n) is 15.1. The van der Waals surface area contributed by atoms with Gasteiger partial charge in [0.25, 0.3) is 5.56 Å². The molecule has 1 unspecified atom stereocenters. The van der Waals surface area contributed by atoms with Crippen molar-refractivity contribution in [2.75, 3.05) is 36.8 Å². The molecule has 1 saturated heterocycles. The molecule has 1 atom stereocenters. The highest BCUT2D eigenvalue weighted by Gasteiger charge is 2.30. The smallest absolute Gasteiger partial charge is 0.254 e. The van der Waals surface area contributed by atoms with Gasteiger partial charge in [-0.25, -0.2) is 4.98 Å². The molecule has 0 radical (unpaired) electrons. The van der Waals surface area contributed by atoms with E-state index in [0.717, 1.165) is 40.4 Å². The number of nitrogens with zero attached hydrogens (tertiary/aromatic N) is 4. The van der Waals surface area contributed by atoms with Crippen molar-refractivity contribution < 1.29 is 4.79 Å². The Morgan fingerprint density at radius 3 is 2.74 bits per heavy atom. The van der Waals surface area contributed by atoms with Gasteiger partial charge >= 0.3 is 0 Å². The number of piperazine rings is 1. The largest absolute Gasteiger partial charge is 0.367 e. The third kappa shape index (κ3) is 3.71. The summed E-state index contributed by atoms with van der Waals surface area (Å²) in [5, 5.41) is 1.46. The molecular weight excluding hydrogens is 384 g/mol. The number of rotatable bonds is 3. The van der Waals surface area contributed by atoms with Crippen LogP contribution in [-0.2, 0) is 4.79 Å². The number of carbonyl (C=O) groups excluding carboxylic acids is 1. The molecule has 0 spiro atoms. The highest BCUT2D eigenvalue weighted by atomic mass is 35.5. The van der Waals surface area contributed by atoms with Gasteiger partial charge in [0, 0.05) is 50.1 Å². The summed E-state index contributed by atoms with van der Waals surface area (Å²) >= 11 is 7.83. The zero-order valence-corrected chi connectivity index (χ0v) is 16.7. The summed E-state index contributed by atoms with van der Waals surface area (Å²) in [6, 6.07) is 9.21. The Kier molecular flexibility index (Phi) is 5.14. The summed E-state index contributed by atoms with van der Waals surface area (Å²) in [5.41, 5.74) is 1.67. The molecule has 142 valence electrons. The van der Waals surface area contributed by atoms with Crippen LogP contribution in [0, 0.1) is 6.92 Å². The molecule has 1 aromatic heterocycles. The molecule has 2 aliphatic heterocycles. The summed E-state index contributed by atoms with van der Waals surface area (Å²) in [5.74, 6) is 0.816. The highest BCUT2D eigenvalue weighted by molar-refractivity contribution is 7.99. The van der Waals surface area contributed by atoms with Crippen molar-refractivity contribution in [1.29, 1.82) is 0 Å². The molecule has 1 fully saturated rings. The predicted molar refractivity (Wildman–Crippen MR) is 108 cm³/mol. The van der Waals surface area contributed by atoms with Gasteiger partial charge in [-0.2, -0.15) is 0 Å². The first-order valence-corrected chi connectivity index (χ1v) is 10.4. The predicted octanol–water partition coefficient (Wildman–Crippen LogP) is 2.59. The Morgan fingerprint density at radius 1 is 1.26 bits per heavy atom. The van der Waals surface area contributed by atoms with Crippen molar-refractivity contribution in [1.82, 2.24) is 14.5 Å². The van der Waals surface area contributed by atoms with Gasteiger partial charge in [-0.05, 0) is 19.1 Å². The monoisotopic (exact) mass is 404 g/mol. The highest BCUT2D eigenvalue weighted by Crippen LogP contribution is 2.32.